The molecule has 0 spiro atoms. The third-order valence-electron chi connectivity index (χ3n) is 10.2. The van der Waals surface area contributed by atoms with Gasteiger partial charge in [0.05, 0.1) is 6.61 Å². The minimum atomic E-state index is -0.0147. The molecule has 0 saturated carbocycles. The highest BCUT2D eigenvalue weighted by atomic mass is 35.5. The van der Waals surface area contributed by atoms with E-state index in [4.69, 9.17) is 21.1 Å². The highest BCUT2D eigenvalue weighted by molar-refractivity contribution is 6.18. The van der Waals surface area contributed by atoms with Gasteiger partial charge in [0, 0.05) is 25.3 Å². The first-order valence-corrected chi connectivity index (χ1v) is 22.7. The highest BCUT2D eigenvalue weighted by Crippen LogP contribution is 2.18. The fourth-order valence-electron chi connectivity index (χ4n) is 6.85. The standard InChI is InChI=1S/C44H86ClNO4/c1-4-7-10-13-16-21-28-35-43(47)49-41-32-25-18-24-31-39-46(40-37-45)38-30-23-17-22-29-36-44(48)50-42(33-26-19-14-11-8-5-2)34-27-20-15-12-9-6-3/h42H,4-41H2,1-3H3. The lowest BCUT2D eigenvalue weighted by Crippen LogP contribution is -2.28. The van der Waals surface area contributed by atoms with Gasteiger partial charge in [0.15, 0.2) is 0 Å². The predicted molar refractivity (Wildman–Crippen MR) is 217 cm³/mol. The van der Waals surface area contributed by atoms with Crippen molar-refractivity contribution >= 4 is 23.5 Å². The van der Waals surface area contributed by atoms with Gasteiger partial charge in [-0.25, -0.2) is 0 Å². The van der Waals surface area contributed by atoms with E-state index in [1.807, 2.05) is 0 Å². The molecular formula is C44H86ClNO4. The van der Waals surface area contributed by atoms with E-state index in [-0.39, 0.29) is 18.0 Å². The van der Waals surface area contributed by atoms with Gasteiger partial charge in [-0.2, -0.15) is 0 Å². The molecular weight excluding hydrogens is 642 g/mol. The second-order valence-corrected chi connectivity index (χ2v) is 15.5. The summed E-state index contributed by atoms with van der Waals surface area (Å²) >= 11 is 6.11. The second-order valence-electron chi connectivity index (χ2n) is 15.1. The molecule has 0 aromatic heterocycles. The van der Waals surface area contributed by atoms with E-state index in [9.17, 15) is 9.59 Å². The van der Waals surface area contributed by atoms with Crippen molar-refractivity contribution in [3.63, 3.8) is 0 Å². The van der Waals surface area contributed by atoms with Gasteiger partial charge in [-0.15, -0.1) is 11.6 Å². The van der Waals surface area contributed by atoms with E-state index in [2.05, 4.69) is 25.7 Å². The highest BCUT2D eigenvalue weighted by Gasteiger charge is 2.14. The molecule has 0 fully saturated rings. The SMILES string of the molecule is CCCCCCCCCC(=O)OCCCCCCCN(CCCl)CCCCCCCC(=O)OC(CCCCCCCC)CCCCCCCC. The minimum absolute atomic E-state index is 0.0147. The van der Waals surface area contributed by atoms with Crippen LogP contribution in [0.4, 0.5) is 0 Å². The lowest BCUT2D eigenvalue weighted by Gasteiger charge is -2.21. The maximum atomic E-state index is 12.7. The summed E-state index contributed by atoms with van der Waals surface area (Å²) in [5.74, 6) is 0.699. The molecule has 0 amide bonds. The molecule has 0 aliphatic heterocycles. The first-order valence-electron chi connectivity index (χ1n) is 22.2. The Morgan fingerprint density at radius 3 is 1.30 bits per heavy atom. The predicted octanol–water partition coefficient (Wildman–Crippen LogP) is 13.9. The molecule has 0 rings (SSSR count). The summed E-state index contributed by atoms with van der Waals surface area (Å²) in [7, 11) is 0. The molecule has 0 bridgehead atoms. The summed E-state index contributed by atoms with van der Waals surface area (Å²) in [4.78, 5) is 27.1. The topological polar surface area (TPSA) is 55.8 Å². The molecule has 0 aliphatic carbocycles. The number of esters is 2. The summed E-state index contributed by atoms with van der Waals surface area (Å²) in [6.07, 6.45) is 38.8. The normalized spacial score (nSPS) is 11.6. The molecule has 0 aromatic rings. The zero-order valence-corrected chi connectivity index (χ0v) is 34.7. The molecule has 0 radical (unpaired) electrons. The molecule has 50 heavy (non-hydrogen) atoms. The molecule has 298 valence electrons. The zero-order valence-electron chi connectivity index (χ0n) is 33.9. The Morgan fingerprint density at radius 2 is 0.840 bits per heavy atom. The van der Waals surface area contributed by atoms with E-state index >= 15 is 0 Å². The van der Waals surface area contributed by atoms with Crippen LogP contribution in [-0.4, -0.2) is 55.1 Å². The Labute approximate surface area is 317 Å². The molecule has 6 heteroatoms. The van der Waals surface area contributed by atoms with Crippen LogP contribution < -0.4 is 0 Å². The van der Waals surface area contributed by atoms with Gasteiger partial charge in [0.1, 0.15) is 6.10 Å². The smallest absolute Gasteiger partial charge is 0.306 e. The van der Waals surface area contributed by atoms with Crippen LogP contribution in [0.3, 0.4) is 0 Å². The number of rotatable bonds is 41. The van der Waals surface area contributed by atoms with E-state index < -0.39 is 0 Å². The number of alkyl halides is 1. The molecule has 0 atom stereocenters. The van der Waals surface area contributed by atoms with Crippen LogP contribution in [-0.2, 0) is 19.1 Å². The third-order valence-corrected chi connectivity index (χ3v) is 10.3. The van der Waals surface area contributed by atoms with E-state index in [0.29, 0.717) is 25.3 Å². The Balaban J connectivity index is 3.93. The van der Waals surface area contributed by atoms with E-state index in [1.165, 1.54) is 148 Å². The summed E-state index contributed by atoms with van der Waals surface area (Å²) in [5, 5.41) is 0. The average molecular weight is 729 g/mol. The number of halogens is 1. The minimum Gasteiger partial charge on any atom is -0.466 e. The number of carbonyl (C=O) groups is 2. The molecule has 0 unspecified atom stereocenters. The van der Waals surface area contributed by atoms with Crippen molar-refractivity contribution < 1.29 is 19.1 Å². The van der Waals surface area contributed by atoms with Crippen LogP contribution in [0.5, 0.6) is 0 Å². The largest absolute Gasteiger partial charge is 0.466 e. The van der Waals surface area contributed by atoms with Crippen molar-refractivity contribution in [2.24, 2.45) is 0 Å². The molecule has 0 heterocycles. The second kappa shape index (κ2) is 41.0. The fourth-order valence-corrected chi connectivity index (χ4v) is 7.09. The van der Waals surface area contributed by atoms with Crippen LogP contribution in [0.1, 0.15) is 233 Å². The molecule has 0 aliphatic rings. The van der Waals surface area contributed by atoms with E-state index in [0.717, 1.165) is 71.0 Å². The lowest BCUT2D eigenvalue weighted by molar-refractivity contribution is -0.150. The number of unbranched alkanes of at least 4 members (excludes halogenated alkanes) is 24. The maximum absolute atomic E-state index is 12.7. The van der Waals surface area contributed by atoms with Gasteiger partial charge in [-0.1, -0.05) is 162 Å². The van der Waals surface area contributed by atoms with Gasteiger partial charge in [0.2, 0.25) is 0 Å². The van der Waals surface area contributed by atoms with Crippen molar-refractivity contribution in [1.82, 2.24) is 4.90 Å². The summed E-state index contributed by atoms with van der Waals surface area (Å²) in [6.45, 7) is 10.5. The summed E-state index contributed by atoms with van der Waals surface area (Å²) in [5.41, 5.74) is 0. The molecule has 0 saturated heterocycles. The summed E-state index contributed by atoms with van der Waals surface area (Å²) < 4.78 is 11.5. The van der Waals surface area contributed by atoms with Crippen LogP contribution in [0.15, 0.2) is 0 Å². The van der Waals surface area contributed by atoms with Crippen LogP contribution in [0.2, 0.25) is 0 Å². The number of nitrogens with zero attached hydrogens (tertiary/aromatic N) is 1. The monoisotopic (exact) mass is 728 g/mol. The molecule has 0 aromatic carbocycles. The van der Waals surface area contributed by atoms with Crippen molar-refractivity contribution in [2.45, 2.75) is 239 Å². The molecule has 5 nitrogen and oxygen atoms in total. The van der Waals surface area contributed by atoms with Crippen molar-refractivity contribution in [3.05, 3.63) is 0 Å². The maximum Gasteiger partial charge on any atom is 0.306 e. The van der Waals surface area contributed by atoms with E-state index in [1.54, 1.807) is 0 Å². The van der Waals surface area contributed by atoms with Gasteiger partial charge in [-0.05, 0) is 70.9 Å². The Morgan fingerprint density at radius 1 is 0.460 bits per heavy atom. The van der Waals surface area contributed by atoms with Crippen molar-refractivity contribution in [2.75, 3.05) is 32.1 Å². The zero-order chi connectivity index (χ0) is 36.6. The summed E-state index contributed by atoms with van der Waals surface area (Å²) in [6, 6.07) is 0. The van der Waals surface area contributed by atoms with Crippen molar-refractivity contribution in [1.29, 1.82) is 0 Å². The van der Waals surface area contributed by atoms with Crippen LogP contribution in [0, 0.1) is 0 Å². The average Bonchev–Trinajstić information content (AvgIpc) is 3.11. The first kappa shape index (κ1) is 49.2. The quantitative estimate of drug-likeness (QED) is 0.0356. The molecule has 0 N–H and O–H groups in total. The number of carbonyl (C=O) groups excluding carboxylic acids is 2. The van der Waals surface area contributed by atoms with Gasteiger partial charge < -0.3 is 14.4 Å². The third kappa shape index (κ3) is 37.0. The number of ether oxygens (including phenoxy) is 2. The Kier molecular flexibility index (Phi) is 40.3. The van der Waals surface area contributed by atoms with Gasteiger partial charge >= 0.3 is 11.9 Å². The number of hydrogen-bond acceptors (Lipinski definition) is 5. The van der Waals surface area contributed by atoms with Gasteiger partial charge in [0.25, 0.3) is 0 Å². The van der Waals surface area contributed by atoms with Gasteiger partial charge in [-0.3, -0.25) is 9.59 Å². The Hall–Kier alpha value is -0.810. The lowest BCUT2D eigenvalue weighted by atomic mass is 10.0. The fraction of sp³-hybridized carbons (Fsp3) is 0.955. The Bertz CT molecular complexity index is 690. The van der Waals surface area contributed by atoms with Crippen LogP contribution in [0.25, 0.3) is 0 Å². The van der Waals surface area contributed by atoms with Crippen molar-refractivity contribution in [3.8, 4) is 0 Å². The number of hydrogen-bond donors (Lipinski definition) is 0. The van der Waals surface area contributed by atoms with Crippen LogP contribution >= 0.6 is 11.6 Å². The first-order chi connectivity index (χ1) is 24.6.